The van der Waals surface area contributed by atoms with Crippen molar-refractivity contribution < 1.29 is 43.0 Å². The summed E-state index contributed by atoms with van der Waals surface area (Å²) >= 11 is 0. The first kappa shape index (κ1) is 71.1. The topological polar surface area (TPSA) is 201 Å². The summed E-state index contributed by atoms with van der Waals surface area (Å²) < 4.78 is 10.2. The third kappa shape index (κ3) is 26.1. The lowest BCUT2D eigenvalue weighted by Gasteiger charge is -2.53. The Kier molecular flexibility index (Phi) is 40.4. The van der Waals surface area contributed by atoms with E-state index in [1.54, 1.807) is 7.05 Å². The molecule has 0 aromatic heterocycles. The Morgan fingerprint density at radius 1 is 0.649 bits per heavy atom. The maximum Gasteiger partial charge on any atom is 0.331 e. The lowest BCUT2D eigenvalue weighted by Crippen LogP contribution is -2.63. The molecule has 0 aromatic rings. The summed E-state index contributed by atoms with van der Waals surface area (Å²) in [7, 11) is 3.69. The molecule has 0 bridgehead atoms. The number of piperidine rings is 1. The van der Waals surface area contributed by atoms with Gasteiger partial charge in [0.25, 0.3) is 0 Å². The van der Waals surface area contributed by atoms with Gasteiger partial charge in [-0.2, -0.15) is 0 Å². The van der Waals surface area contributed by atoms with Crippen LogP contribution in [-0.4, -0.2) is 109 Å². The molecule has 0 radical (unpaired) electrons. The molecule has 3 atom stereocenters. The lowest BCUT2D eigenvalue weighted by molar-refractivity contribution is -0.171. The summed E-state index contributed by atoms with van der Waals surface area (Å²) in [5.74, 6) is -4.37. The molecule has 0 saturated carbocycles. The van der Waals surface area contributed by atoms with Crippen LogP contribution in [0, 0.1) is 11.8 Å². The monoisotopic (exact) mass is 825 g/mol. The fourth-order valence-electron chi connectivity index (χ4n) is 5.96. The number of ketones is 1. The van der Waals surface area contributed by atoms with Gasteiger partial charge < -0.3 is 36.1 Å². The van der Waals surface area contributed by atoms with Crippen molar-refractivity contribution in [3.63, 3.8) is 0 Å². The van der Waals surface area contributed by atoms with Crippen LogP contribution in [0.3, 0.4) is 0 Å². The number of hydrogen-bond donors (Lipinski definition) is 5. The number of carbonyl (C=O) groups excluding carboxylic acids is 7. The van der Waals surface area contributed by atoms with E-state index in [9.17, 15) is 33.6 Å². The van der Waals surface area contributed by atoms with Crippen molar-refractivity contribution in [2.24, 2.45) is 11.8 Å². The highest BCUT2D eigenvalue weighted by atomic mass is 16.7. The fraction of sp³-hybridized carbons (Fsp3) is 0.833. The molecule has 0 aromatic carbocycles. The number of likely N-dealkylation sites (tertiary alicyclic amines) is 1. The molecule has 5 N–H and O–H groups in total. The van der Waals surface area contributed by atoms with Crippen molar-refractivity contribution in [2.45, 2.75) is 195 Å². The standard InChI is InChI=1S/C34H60N6O9.8CH4/c1-20(2)12-24(38-28(43)14-22(5)41)31(46)48-19-49-32(47)25(13-21(3)4)39-29(44)15-27(42)36-18-26(35-10)30(45)37-23-16-33(6,7)40(11)34(8,9)17-23;;;;;;;;/h20-21,23-26,35H,12-19H2,1-11H3,(H,36,42)(H,37,45)(H,38,43)(H,39,44);8*1H4. The molecule has 1 saturated heterocycles. The van der Waals surface area contributed by atoms with E-state index in [0.717, 1.165) is 12.8 Å². The third-order valence-corrected chi connectivity index (χ3v) is 8.61. The van der Waals surface area contributed by atoms with Crippen molar-refractivity contribution in [3.05, 3.63) is 0 Å². The number of carbonyl (C=O) groups is 7. The quantitative estimate of drug-likeness (QED) is 0.0579. The number of rotatable bonds is 19. The number of hydrogen-bond acceptors (Lipinski definition) is 11. The van der Waals surface area contributed by atoms with Crippen LogP contribution in [-0.2, 0) is 43.0 Å². The predicted octanol–water partition coefficient (Wildman–Crippen LogP) is 6.02. The zero-order chi connectivity index (χ0) is 37.7. The molecule has 1 rings (SSSR count). The van der Waals surface area contributed by atoms with Crippen LogP contribution in [0.2, 0.25) is 0 Å². The van der Waals surface area contributed by atoms with Gasteiger partial charge in [-0.25, -0.2) is 9.59 Å². The van der Waals surface area contributed by atoms with Crippen molar-refractivity contribution in [2.75, 3.05) is 27.4 Å². The van der Waals surface area contributed by atoms with Crippen LogP contribution < -0.4 is 26.6 Å². The smallest absolute Gasteiger partial charge is 0.331 e. The van der Waals surface area contributed by atoms with Gasteiger partial charge in [0.15, 0.2) is 0 Å². The number of likely N-dealkylation sites (N-methyl/N-ethyl adjacent to an activating group) is 1. The van der Waals surface area contributed by atoms with E-state index < -0.39 is 61.0 Å². The average Bonchev–Trinajstić information content (AvgIpc) is 2.94. The summed E-state index contributed by atoms with van der Waals surface area (Å²) in [4.78, 5) is 89.5. The third-order valence-electron chi connectivity index (χ3n) is 8.61. The van der Waals surface area contributed by atoms with Crippen LogP contribution in [0.5, 0.6) is 0 Å². The number of nitrogens with zero attached hydrogens (tertiary/aromatic N) is 1. The van der Waals surface area contributed by atoms with E-state index in [4.69, 9.17) is 9.47 Å². The summed E-state index contributed by atoms with van der Waals surface area (Å²) in [6.45, 7) is 16.3. The molecular formula is C42H92N6O9. The highest BCUT2D eigenvalue weighted by Gasteiger charge is 2.43. The number of esters is 2. The van der Waals surface area contributed by atoms with Gasteiger partial charge in [0.05, 0.1) is 6.42 Å². The molecule has 15 heteroatoms. The minimum atomic E-state index is -1.13. The first-order chi connectivity index (χ1) is 22.6. The lowest BCUT2D eigenvalue weighted by atomic mass is 9.77. The molecule has 3 unspecified atom stereocenters. The molecule has 0 aliphatic carbocycles. The van der Waals surface area contributed by atoms with Gasteiger partial charge in [0.2, 0.25) is 30.4 Å². The SMILES string of the molecule is C.C.C.C.C.C.C.C.CNC(CNC(=O)CC(=O)NC(CC(C)C)C(=O)OCOC(=O)C(CC(C)C)NC(=O)CC(C)=O)C(=O)NC1CC(C)(C)N(C)C(C)(C)C1. The van der Waals surface area contributed by atoms with Crippen molar-refractivity contribution >= 4 is 41.4 Å². The van der Waals surface area contributed by atoms with Crippen LogP contribution in [0.4, 0.5) is 0 Å². The molecule has 1 aliphatic heterocycles. The minimum absolute atomic E-state index is 0. The Morgan fingerprint density at radius 3 is 1.39 bits per heavy atom. The van der Waals surface area contributed by atoms with Crippen LogP contribution in [0.15, 0.2) is 0 Å². The molecule has 57 heavy (non-hydrogen) atoms. The maximum absolute atomic E-state index is 13.1. The van der Waals surface area contributed by atoms with Gasteiger partial charge in [-0.15, -0.1) is 0 Å². The van der Waals surface area contributed by atoms with Gasteiger partial charge >= 0.3 is 11.9 Å². The summed E-state index contributed by atoms with van der Waals surface area (Å²) in [6, 6.07) is -2.95. The minimum Gasteiger partial charge on any atom is -0.426 e. The molecule has 4 amide bonds. The molecule has 0 spiro atoms. The Labute approximate surface area is 350 Å². The summed E-state index contributed by atoms with van der Waals surface area (Å²) in [5.41, 5.74) is -0.234. The molecule has 15 nitrogen and oxygen atoms in total. The van der Waals surface area contributed by atoms with Crippen LogP contribution in [0.1, 0.15) is 160 Å². The Bertz CT molecular complexity index is 1170. The zero-order valence-electron chi connectivity index (χ0n) is 31.2. The summed E-state index contributed by atoms with van der Waals surface area (Å²) in [6.07, 6.45) is 0.977. The summed E-state index contributed by atoms with van der Waals surface area (Å²) in [5, 5.41) is 13.6. The van der Waals surface area contributed by atoms with Crippen molar-refractivity contribution in [3.8, 4) is 0 Å². The van der Waals surface area contributed by atoms with Gasteiger partial charge in [0, 0.05) is 23.7 Å². The molecule has 1 heterocycles. The molecule has 344 valence electrons. The number of Topliss-reactive ketones (excluding diaryl/α,β-unsaturated/α-hetero) is 1. The maximum atomic E-state index is 13.1. The first-order valence-corrected chi connectivity index (χ1v) is 17.0. The largest absolute Gasteiger partial charge is 0.426 e. The molecule has 1 fully saturated rings. The Hall–Kier alpha value is -3.59. The number of ether oxygens (including phenoxy) is 2. The van der Waals surface area contributed by atoms with Crippen LogP contribution in [0.25, 0.3) is 0 Å². The van der Waals surface area contributed by atoms with E-state index in [0.29, 0.717) is 0 Å². The molecular weight excluding hydrogens is 732 g/mol. The van der Waals surface area contributed by atoms with Gasteiger partial charge in [-0.3, -0.25) is 28.9 Å². The second kappa shape index (κ2) is 32.4. The van der Waals surface area contributed by atoms with E-state index in [1.807, 2.05) is 27.7 Å². The van der Waals surface area contributed by atoms with Crippen LogP contribution >= 0.6 is 0 Å². The normalized spacial score (nSPS) is 15.2. The number of amides is 4. The first-order valence-electron chi connectivity index (χ1n) is 17.0. The number of nitrogens with one attached hydrogen (secondary N) is 5. The zero-order valence-corrected chi connectivity index (χ0v) is 31.2. The average molecular weight is 825 g/mol. The second-order valence-electron chi connectivity index (χ2n) is 15.0. The Balaban J connectivity index is -0.000000500. The van der Waals surface area contributed by atoms with E-state index in [2.05, 4.69) is 66.2 Å². The van der Waals surface area contributed by atoms with E-state index >= 15 is 0 Å². The highest BCUT2D eigenvalue weighted by Crippen LogP contribution is 2.36. The molecule has 1 aliphatic rings. The second-order valence-corrected chi connectivity index (χ2v) is 15.0. The van der Waals surface area contributed by atoms with E-state index in [-0.39, 0.29) is 126 Å². The van der Waals surface area contributed by atoms with Gasteiger partial charge in [-0.05, 0) is 86.2 Å². The van der Waals surface area contributed by atoms with Crippen molar-refractivity contribution in [1.29, 1.82) is 0 Å². The fourth-order valence-corrected chi connectivity index (χ4v) is 5.96. The van der Waals surface area contributed by atoms with Gasteiger partial charge in [0.1, 0.15) is 30.3 Å². The van der Waals surface area contributed by atoms with Gasteiger partial charge in [-0.1, -0.05) is 87.1 Å². The predicted molar refractivity (Wildman–Crippen MR) is 237 cm³/mol. The highest BCUT2D eigenvalue weighted by molar-refractivity contribution is 5.99. The van der Waals surface area contributed by atoms with Crippen molar-refractivity contribution in [1.82, 2.24) is 31.5 Å². The Morgan fingerprint density at radius 2 is 1.04 bits per heavy atom. The van der Waals surface area contributed by atoms with E-state index in [1.165, 1.54) is 6.92 Å².